The van der Waals surface area contributed by atoms with Gasteiger partial charge in [0.1, 0.15) is 12.4 Å². The van der Waals surface area contributed by atoms with Gasteiger partial charge in [-0.25, -0.2) is 0 Å². The zero-order valence-corrected chi connectivity index (χ0v) is 18.1. The van der Waals surface area contributed by atoms with Crippen molar-refractivity contribution in [3.63, 3.8) is 0 Å². The Balaban J connectivity index is 1.48. The number of amides is 1. The van der Waals surface area contributed by atoms with Crippen LogP contribution in [0.3, 0.4) is 0 Å². The molecule has 1 N–H and O–H groups in total. The molecule has 28 heavy (non-hydrogen) atoms. The second-order valence-electron chi connectivity index (χ2n) is 7.43. The molecular weight excluding hydrogens is 396 g/mol. The molecule has 0 saturated heterocycles. The first-order valence-electron chi connectivity index (χ1n) is 9.63. The molecule has 1 aromatic carbocycles. The molecule has 1 heterocycles. The Morgan fingerprint density at radius 3 is 2.79 bits per heavy atom. The first-order chi connectivity index (χ1) is 13.4. The van der Waals surface area contributed by atoms with Gasteiger partial charge in [-0.05, 0) is 42.5 Å². The van der Waals surface area contributed by atoms with Gasteiger partial charge in [-0.3, -0.25) is 4.79 Å². The Labute approximate surface area is 175 Å². The summed E-state index contributed by atoms with van der Waals surface area (Å²) in [7, 11) is 1.88. The molecule has 0 unspecified atom stereocenters. The Morgan fingerprint density at radius 1 is 1.29 bits per heavy atom. The molecule has 2 aromatic rings. The van der Waals surface area contributed by atoms with E-state index in [0.29, 0.717) is 40.2 Å². The average Bonchev–Trinajstić information content (AvgIpc) is 3.03. The number of hydrogen-bond donors (Lipinski definition) is 1. The van der Waals surface area contributed by atoms with Crippen molar-refractivity contribution in [1.29, 1.82) is 0 Å². The van der Waals surface area contributed by atoms with E-state index in [2.05, 4.69) is 29.4 Å². The van der Waals surface area contributed by atoms with Gasteiger partial charge in [-0.15, -0.1) is 10.2 Å². The van der Waals surface area contributed by atoms with E-state index in [-0.39, 0.29) is 11.9 Å². The average molecular weight is 423 g/mol. The minimum absolute atomic E-state index is 0.0536. The summed E-state index contributed by atoms with van der Waals surface area (Å²) in [4.78, 5) is 12.4. The fourth-order valence-electron chi connectivity index (χ4n) is 3.44. The van der Waals surface area contributed by atoms with Crippen molar-refractivity contribution in [3.8, 4) is 5.75 Å². The lowest BCUT2D eigenvalue weighted by Crippen LogP contribution is -2.44. The van der Waals surface area contributed by atoms with Gasteiger partial charge in [0, 0.05) is 18.1 Å². The number of benzene rings is 1. The van der Waals surface area contributed by atoms with Crippen molar-refractivity contribution >= 4 is 29.3 Å². The molecule has 6 nitrogen and oxygen atoms in total. The molecule has 1 aliphatic carbocycles. The number of rotatable bonds is 7. The van der Waals surface area contributed by atoms with Crippen LogP contribution < -0.4 is 10.1 Å². The lowest BCUT2D eigenvalue weighted by Gasteiger charge is -2.34. The molecule has 1 aromatic heterocycles. The summed E-state index contributed by atoms with van der Waals surface area (Å²) in [5.74, 6) is 2.99. The predicted molar refractivity (Wildman–Crippen MR) is 112 cm³/mol. The highest BCUT2D eigenvalue weighted by atomic mass is 35.5. The van der Waals surface area contributed by atoms with Crippen LogP contribution in [-0.4, -0.2) is 32.5 Å². The van der Waals surface area contributed by atoms with E-state index >= 15 is 0 Å². The smallest absolute Gasteiger partial charge is 0.230 e. The second-order valence-corrected chi connectivity index (χ2v) is 8.81. The van der Waals surface area contributed by atoms with Crippen molar-refractivity contribution in [2.45, 2.75) is 50.9 Å². The van der Waals surface area contributed by atoms with Crippen LogP contribution in [-0.2, 0) is 18.4 Å². The normalized spacial score (nSPS) is 22.1. The minimum Gasteiger partial charge on any atom is -0.486 e. The van der Waals surface area contributed by atoms with E-state index in [9.17, 15) is 4.79 Å². The standard InChI is InChI=1S/C20H27ClN4O2S/c1-13-5-4-6-17(14(13)2)22-19(26)12-28-20-24-23-18(25(20)3)11-27-16-9-7-15(21)8-10-16/h7-10,13-14,17H,4-6,11-12H2,1-3H3,(H,22,26)/t13-,14+,17+/m0/s1. The monoisotopic (exact) mass is 422 g/mol. The third-order valence-electron chi connectivity index (χ3n) is 5.49. The highest BCUT2D eigenvalue weighted by Gasteiger charge is 2.28. The number of halogens is 1. The van der Waals surface area contributed by atoms with Gasteiger partial charge in [0.2, 0.25) is 5.91 Å². The van der Waals surface area contributed by atoms with Gasteiger partial charge in [-0.1, -0.05) is 50.1 Å². The molecule has 1 amide bonds. The van der Waals surface area contributed by atoms with Gasteiger partial charge in [0.25, 0.3) is 0 Å². The number of hydrogen-bond acceptors (Lipinski definition) is 5. The number of thioether (sulfide) groups is 1. The van der Waals surface area contributed by atoms with Crippen LogP contribution in [0, 0.1) is 11.8 Å². The summed E-state index contributed by atoms with van der Waals surface area (Å²) in [5.41, 5.74) is 0. The Hall–Kier alpha value is -1.73. The second kappa shape index (κ2) is 9.65. The minimum atomic E-state index is 0.0536. The maximum atomic E-state index is 12.4. The van der Waals surface area contributed by atoms with Crippen LogP contribution in [0.1, 0.15) is 38.9 Å². The van der Waals surface area contributed by atoms with Crippen LogP contribution in [0.25, 0.3) is 0 Å². The van der Waals surface area contributed by atoms with Crippen LogP contribution >= 0.6 is 23.4 Å². The maximum Gasteiger partial charge on any atom is 0.230 e. The van der Waals surface area contributed by atoms with E-state index in [1.54, 1.807) is 12.1 Å². The zero-order chi connectivity index (χ0) is 20.1. The van der Waals surface area contributed by atoms with Gasteiger partial charge in [-0.2, -0.15) is 0 Å². The third-order valence-corrected chi connectivity index (χ3v) is 6.76. The van der Waals surface area contributed by atoms with Crippen molar-refractivity contribution in [2.75, 3.05) is 5.75 Å². The molecule has 152 valence electrons. The number of nitrogens with zero attached hydrogens (tertiary/aromatic N) is 3. The van der Waals surface area contributed by atoms with Crippen molar-refractivity contribution in [2.24, 2.45) is 18.9 Å². The zero-order valence-electron chi connectivity index (χ0n) is 16.5. The summed E-state index contributed by atoms with van der Waals surface area (Å²) in [6.07, 6.45) is 3.50. The molecule has 1 aliphatic rings. The van der Waals surface area contributed by atoms with Crippen LogP contribution in [0.15, 0.2) is 29.4 Å². The first-order valence-corrected chi connectivity index (χ1v) is 11.0. The molecule has 0 aliphatic heterocycles. The lowest BCUT2D eigenvalue weighted by molar-refractivity contribution is -0.120. The van der Waals surface area contributed by atoms with Crippen LogP contribution in [0.5, 0.6) is 5.75 Å². The largest absolute Gasteiger partial charge is 0.486 e. The number of ether oxygens (including phenoxy) is 1. The summed E-state index contributed by atoms with van der Waals surface area (Å²) >= 11 is 7.27. The van der Waals surface area contributed by atoms with Gasteiger partial charge >= 0.3 is 0 Å². The quantitative estimate of drug-likeness (QED) is 0.681. The molecule has 3 atom stereocenters. The van der Waals surface area contributed by atoms with E-state index < -0.39 is 0 Å². The van der Waals surface area contributed by atoms with Crippen molar-refractivity contribution in [3.05, 3.63) is 35.1 Å². The van der Waals surface area contributed by atoms with Crippen LogP contribution in [0.4, 0.5) is 0 Å². The summed E-state index contributed by atoms with van der Waals surface area (Å²) < 4.78 is 7.58. The molecule has 1 fully saturated rings. The molecule has 8 heteroatoms. The molecule has 0 spiro atoms. The summed E-state index contributed by atoms with van der Waals surface area (Å²) in [6, 6.07) is 7.46. The van der Waals surface area contributed by atoms with Gasteiger partial charge in [0.05, 0.1) is 5.75 Å². The highest BCUT2D eigenvalue weighted by Crippen LogP contribution is 2.29. The Bertz CT molecular complexity index is 796. The third kappa shape index (κ3) is 5.41. The van der Waals surface area contributed by atoms with Crippen molar-refractivity contribution in [1.82, 2.24) is 20.1 Å². The summed E-state index contributed by atoms with van der Waals surface area (Å²) in [6.45, 7) is 4.80. The fourth-order valence-corrected chi connectivity index (χ4v) is 4.31. The van der Waals surface area contributed by atoms with Gasteiger partial charge in [0.15, 0.2) is 11.0 Å². The molecule has 3 rings (SSSR count). The molecular formula is C20H27ClN4O2S. The summed E-state index contributed by atoms with van der Waals surface area (Å²) in [5, 5.41) is 12.9. The van der Waals surface area contributed by atoms with E-state index in [4.69, 9.17) is 16.3 Å². The van der Waals surface area contributed by atoms with E-state index in [0.717, 1.165) is 12.2 Å². The van der Waals surface area contributed by atoms with E-state index in [1.807, 2.05) is 23.7 Å². The number of carbonyl (C=O) groups excluding carboxylic acids is 1. The molecule has 0 radical (unpaired) electrons. The Morgan fingerprint density at radius 2 is 2.04 bits per heavy atom. The Kier molecular flexibility index (Phi) is 7.24. The highest BCUT2D eigenvalue weighted by molar-refractivity contribution is 7.99. The van der Waals surface area contributed by atoms with Crippen LogP contribution in [0.2, 0.25) is 5.02 Å². The first kappa shape index (κ1) is 21.0. The topological polar surface area (TPSA) is 69.0 Å². The maximum absolute atomic E-state index is 12.4. The lowest BCUT2D eigenvalue weighted by atomic mass is 9.78. The van der Waals surface area contributed by atoms with Crippen molar-refractivity contribution < 1.29 is 9.53 Å². The fraction of sp³-hybridized carbons (Fsp3) is 0.550. The SMILES string of the molecule is C[C@@H]1[C@@H](C)CCC[C@H]1NC(=O)CSc1nnc(COc2ccc(Cl)cc2)n1C. The van der Waals surface area contributed by atoms with E-state index in [1.165, 1.54) is 24.6 Å². The number of nitrogens with one attached hydrogen (secondary N) is 1. The number of carbonyl (C=O) groups is 1. The molecule has 0 bridgehead atoms. The van der Waals surface area contributed by atoms with Gasteiger partial charge < -0.3 is 14.6 Å². The molecule has 1 saturated carbocycles. The number of aromatic nitrogens is 3. The predicted octanol–water partition coefficient (Wildman–Crippen LogP) is 4.08.